The molecule has 0 spiro atoms. The molecule has 5 heteroatoms. The quantitative estimate of drug-likeness (QED) is 0.307. The van der Waals surface area contributed by atoms with E-state index in [-0.39, 0.29) is 11.3 Å². The molecule has 0 radical (unpaired) electrons. The molecule has 4 nitrogen and oxygen atoms in total. The topological polar surface area (TPSA) is 45.2 Å². The summed E-state index contributed by atoms with van der Waals surface area (Å²) >= 11 is 6.38. The van der Waals surface area contributed by atoms with Crippen molar-refractivity contribution in [1.82, 2.24) is 9.88 Å². The number of benzene rings is 2. The van der Waals surface area contributed by atoms with E-state index in [2.05, 4.69) is 63.7 Å². The van der Waals surface area contributed by atoms with E-state index in [1.54, 1.807) is 0 Å². The molecule has 0 unspecified atom stereocenters. The Balaban J connectivity index is 0.995. The average Bonchev–Trinajstić information content (AvgIpc) is 3.47. The van der Waals surface area contributed by atoms with Gasteiger partial charge in [-0.05, 0) is 124 Å². The fourth-order valence-electron chi connectivity index (χ4n) is 7.58. The van der Waals surface area contributed by atoms with Gasteiger partial charge in [-0.15, -0.1) is 11.6 Å². The summed E-state index contributed by atoms with van der Waals surface area (Å²) in [6.45, 7) is 3.32. The summed E-state index contributed by atoms with van der Waals surface area (Å²) in [6.07, 6.45) is 14.2. The van der Waals surface area contributed by atoms with E-state index >= 15 is 0 Å². The van der Waals surface area contributed by atoms with Gasteiger partial charge in [-0.25, -0.2) is 0 Å². The molecule has 2 aromatic carbocycles. The highest BCUT2D eigenvalue weighted by molar-refractivity contribution is 6.20. The Morgan fingerprint density at radius 1 is 0.923 bits per heavy atom. The number of piperidine rings is 1. The van der Waals surface area contributed by atoms with Gasteiger partial charge >= 0.3 is 0 Å². The average molecular weight is 544 g/mol. The number of likely N-dealkylation sites (tertiary alicyclic amines) is 1. The predicted octanol–water partition coefficient (Wildman–Crippen LogP) is 7.99. The molecule has 1 saturated heterocycles. The number of nitrogens with zero attached hydrogens (tertiary/aromatic N) is 2. The zero-order valence-corrected chi connectivity index (χ0v) is 23.8. The molecule has 1 aliphatic heterocycles. The second-order valence-electron chi connectivity index (χ2n) is 12.4. The highest BCUT2D eigenvalue weighted by atomic mass is 35.5. The molecule has 6 rings (SSSR count). The zero-order valence-electron chi connectivity index (χ0n) is 23.1. The SMILES string of the molecule is O=C(Nc1ccc(CC2CCN(Cc3ccc4ncccc4c3)CC2)cc1)C1(C2CCC(Cl)CC2)CCCC1. The molecule has 39 heavy (non-hydrogen) atoms. The third-order valence-electron chi connectivity index (χ3n) is 9.90. The number of alkyl halides is 1. The van der Waals surface area contributed by atoms with Gasteiger partial charge in [0.25, 0.3) is 0 Å². The Morgan fingerprint density at radius 3 is 2.38 bits per heavy atom. The fourth-order valence-corrected chi connectivity index (χ4v) is 7.83. The Bertz CT molecular complexity index is 1250. The first-order chi connectivity index (χ1) is 19.1. The van der Waals surface area contributed by atoms with Crippen molar-refractivity contribution in [2.75, 3.05) is 18.4 Å². The van der Waals surface area contributed by atoms with Gasteiger partial charge in [-0.1, -0.05) is 37.1 Å². The van der Waals surface area contributed by atoms with Crippen molar-refractivity contribution in [2.45, 2.75) is 82.6 Å². The number of rotatable bonds is 7. The number of pyridine rings is 1. The van der Waals surface area contributed by atoms with E-state index in [1.807, 2.05) is 12.3 Å². The largest absolute Gasteiger partial charge is 0.326 e. The maximum atomic E-state index is 13.6. The van der Waals surface area contributed by atoms with E-state index in [1.165, 1.54) is 42.2 Å². The van der Waals surface area contributed by atoms with Crippen LogP contribution >= 0.6 is 11.6 Å². The molecular weight excluding hydrogens is 502 g/mol. The molecule has 2 saturated carbocycles. The van der Waals surface area contributed by atoms with Crippen LogP contribution in [-0.2, 0) is 17.8 Å². The predicted molar refractivity (Wildman–Crippen MR) is 161 cm³/mol. The molecule has 1 aromatic heterocycles. The molecule has 2 aliphatic carbocycles. The van der Waals surface area contributed by atoms with E-state index in [0.29, 0.717) is 11.3 Å². The number of fused-ring (bicyclic) bond motifs is 1. The number of hydrogen-bond donors (Lipinski definition) is 1. The first kappa shape index (κ1) is 26.8. The standard InChI is InChI=1S/C34H42ClN3O/c35-30-10-8-29(9-11-30)34(17-1-2-18-34)33(39)37-31-12-5-25(6-13-31)22-26-15-20-38(21-16-26)24-27-7-14-32-28(23-27)4-3-19-36-32/h3-7,12-14,19,23,26,29-30H,1-2,8-11,15-18,20-22,24H2,(H,37,39). The van der Waals surface area contributed by atoms with Crippen LogP contribution in [0, 0.1) is 17.3 Å². The number of halogens is 1. The van der Waals surface area contributed by atoms with Crippen LogP contribution in [0.25, 0.3) is 10.9 Å². The van der Waals surface area contributed by atoms with Crippen LogP contribution in [-0.4, -0.2) is 34.3 Å². The van der Waals surface area contributed by atoms with Crippen molar-refractivity contribution in [3.63, 3.8) is 0 Å². The Kier molecular flexibility index (Phi) is 8.22. The van der Waals surface area contributed by atoms with Crippen LogP contribution in [0.5, 0.6) is 0 Å². The van der Waals surface area contributed by atoms with Crippen molar-refractivity contribution in [3.05, 3.63) is 71.9 Å². The number of nitrogens with one attached hydrogen (secondary N) is 1. The van der Waals surface area contributed by atoms with E-state index < -0.39 is 0 Å². The number of aromatic nitrogens is 1. The van der Waals surface area contributed by atoms with Crippen LogP contribution in [0.4, 0.5) is 5.69 Å². The lowest BCUT2D eigenvalue weighted by molar-refractivity contribution is -0.129. The molecule has 3 aromatic rings. The molecule has 0 bridgehead atoms. The molecular formula is C34H42ClN3O. The summed E-state index contributed by atoms with van der Waals surface area (Å²) in [6, 6.07) is 19.5. The van der Waals surface area contributed by atoms with E-state index in [0.717, 1.165) is 81.7 Å². The number of carbonyl (C=O) groups excluding carboxylic acids is 1. The van der Waals surface area contributed by atoms with Crippen LogP contribution < -0.4 is 5.32 Å². The van der Waals surface area contributed by atoms with Crippen molar-refractivity contribution in [3.8, 4) is 0 Å². The normalized spacial score (nSPS) is 24.1. The highest BCUT2D eigenvalue weighted by Gasteiger charge is 2.48. The van der Waals surface area contributed by atoms with Crippen molar-refractivity contribution in [1.29, 1.82) is 0 Å². The monoisotopic (exact) mass is 543 g/mol. The summed E-state index contributed by atoms with van der Waals surface area (Å²) in [5.74, 6) is 1.46. The molecule has 1 amide bonds. The number of amides is 1. The Labute approximate surface area is 238 Å². The second kappa shape index (κ2) is 12.0. The second-order valence-corrected chi connectivity index (χ2v) is 13.0. The van der Waals surface area contributed by atoms with E-state index in [4.69, 9.17) is 11.6 Å². The Morgan fingerprint density at radius 2 is 1.64 bits per heavy atom. The molecule has 1 N–H and O–H groups in total. The van der Waals surface area contributed by atoms with Gasteiger partial charge in [-0.3, -0.25) is 14.7 Å². The summed E-state index contributed by atoms with van der Waals surface area (Å²) in [5.41, 5.74) is 4.58. The molecule has 206 valence electrons. The summed E-state index contributed by atoms with van der Waals surface area (Å²) in [4.78, 5) is 20.6. The summed E-state index contributed by atoms with van der Waals surface area (Å²) < 4.78 is 0. The molecule has 2 heterocycles. The first-order valence-corrected chi connectivity index (χ1v) is 15.6. The van der Waals surface area contributed by atoms with E-state index in [9.17, 15) is 4.79 Å². The minimum absolute atomic E-state index is 0.187. The van der Waals surface area contributed by atoms with Crippen LogP contribution in [0.3, 0.4) is 0 Å². The third kappa shape index (κ3) is 6.18. The number of anilines is 1. The number of hydrogen-bond acceptors (Lipinski definition) is 3. The van der Waals surface area contributed by atoms with Crippen LogP contribution in [0.2, 0.25) is 0 Å². The zero-order chi connectivity index (χ0) is 26.7. The highest BCUT2D eigenvalue weighted by Crippen LogP contribution is 2.50. The van der Waals surface area contributed by atoms with Gasteiger partial charge in [0, 0.05) is 29.2 Å². The van der Waals surface area contributed by atoms with Crippen molar-refractivity contribution in [2.24, 2.45) is 17.3 Å². The smallest absolute Gasteiger partial charge is 0.230 e. The third-order valence-corrected chi connectivity index (χ3v) is 10.3. The van der Waals surface area contributed by atoms with Crippen LogP contribution in [0.15, 0.2) is 60.8 Å². The van der Waals surface area contributed by atoms with Gasteiger partial charge in [0.2, 0.25) is 5.91 Å². The lowest BCUT2D eigenvalue weighted by Crippen LogP contribution is -2.42. The molecule has 3 aliphatic rings. The van der Waals surface area contributed by atoms with Gasteiger partial charge in [0.15, 0.2) is 0 Å². The van der Waals surface area contributed by atoms with Gasteiger partial charge < -0.3 is 5.32 Å². The minimum Gasteiger partial charge on any atom is -0.326 e. The fraction of sp³-hybridized carbons (Fsp3) is 0.529. The van der Waals surface area contributed by atoms with Gasteiger partial charge in [0.1, 0.15) is 0 Å². The lowest BCUT2D eigenvalue weighted by atomic mass is 9.67. The van der Waals surface area contributed by atoms with Crippen molar-refractivity contribution < 1.29 is 4.79 Å². The number of carbonyl (C=O) groups is 1. The Hall–Kier alpha value is -2.43. The lowest BCUT2D eigenvalue weighted by Gasteiger charge is -2.39. The van der Waals surface area contributed by atoms with Crippen LogP contribution in [0.1, 0.15) is 75.3 Å². The van der Waals surface area contributed by atoms with Crippen molar-refractivity contribution >= 4 is 34.1 Å². The first-order valence-electron chi connectivity index (χ1n) is 15.2. The summed E-state index contributed by atoms with van der Waals surface area (Å²) in [5, 5.41) is 4.84. The molecule has 0 atom stereocenters. The summed E-state index contributed by atoms with van der Waals surface area (Å²) in [7, 11) is 0. The molecule has 3 fully saturated rings. The van der Waals surface area contributed by atoms with Gasteiger partial charge in [-0.2, -0.15) is 0 Å². The van der Waals surface area contributed by atoms with Gasteiger partial charge in [0.05, 0.1) is 10.9 Å². The maximum absolute atomic E-state index is 13.6. The minimum atomic E-state index is -0.187. The maximum Gasteiger partial charge on any atom is 0.230 e.